The molecule has 2 aromatic rings. The van der Waals surface area contributed by atoms with Crippen molar-refractivity contribution in [1.82, 2.24) is 14.6 Å². The van der Waals surface area contributed by atoms with Crippen LogP contribution in [0.25, 0.3) is 5.65 Å². The maximum absolute atomic E-state index is 11.1. The predicted octanol–water partition coefficient (Wildman–Crippen LogP) is 2.59. The Labute approximate surface area is 99.7 Å². The molecule has 0 unspecified atom stereocenters. The van der Waals surface area contributed by atoms with E-state index in [1.54, 1.807) is 0 Å². The maximum Gasteiger partial charge on any atom is 0.166 e. The number of aldehydes is 1. The van der Waals surface area contributed by atoms with Crippen molar-refractivity contribution in [3.05, 3.63) is 29.7 Å². The Morgan fingerprint density at radius 2 is 2.00 bits per heavy atom. The summed E-state index contributed by atoms with van der Waals surface area (Å²) in [6, 6.07) is 5.56. The highest BCUT2D eigenvalue weighted by atomic mass is 16.1. The summed E-state index contributed by atoms with van der Waals surface area (Å²) in [5.74, 6) is 1.42. The Hall–Kier alpha value is -1.71. The molecule has 0 N–H and O–H groups in total. The Morgan fingerprint density at radius 1 is 1.18 bits per heavy atom. The lowest BCUT2D eigenvalue weighted by atomic mass is 9.89. The van der Waals surface area contributed by atoms with Gasteiger partial charge in [0.2, 0.25) is 0 Å². The Morgan fingerprint density at radius 3 is 2.76 bits per heavy atom. The molecule has 0 atom stereocenters. The van der Waals surface area contributed by atoms with E-state index in [1.807, 2.05) is 22.6 Å². The summed E-state index contributed by atoms with van der Waals surface area (Å²) in [6.07, 6.45) is 7.02. The molecule has 0 aliphatic heterocycles. The van der Waals surface area contributed by atoms with Crippen molar-refractivity contribution in [1.29, 1.82) is 0 Å². The van der Waals surface area contributed by atoms with E-state index >= 15 is 0 Å². The normalized spacial score (nSPS) is 17.4. The van der Waals surface area contributed by atoms with Gasteiger partial charge in [0.15, 0.2) is 11.9 Å². The molecule has 1 saturated carbocycles. The first-order chi connectivity index (χ1) is 8.40. The smallest absolute Gasteiger partial charge is 0.166 e. The number of hydrogen-bond acceptors (Lipinski definition) is 3. The summed E-state index contributed by atoms with van der Waals surface area (Å²) >= 11 is 0. The zero-order chi connectivity index (χ0) is 11.7. The van der Waals surface area contributed by atoms with Crippen molar-refractivity contribution in [2.45, 2.75) is 38.0 Å². The van der Waals surface area contributed by atoms with Gasteiger partial charge in [-0.25, -0.2) is 0 Å². The first-order valence-electron chi connectivity index (χ1n) is 6.19. The molecule has 0 spiro atoms. The van der Waals surface area contributed by atoms with Gasteiger partial charge in [-0.05, 0) is 25.0 Å². The summed E-state index contributed by atoms with van der Waals surface area (Å²) < 4.78 is 1.91. The molecule has 88 valence electrons. The molecule has 3 rings (SSSR count). The summed E-state index contributed by atoms with van der Waals surface area (Å²) in [4.78, 5) is 11.1. The third-order valence-corrected chi connectivity index (χ3v) is 3.57. The minimum atomic E-state index is 0.458. The van der Waals surface area contributed by atoms with Crippen molar-refractivity contribution in [2.24, 2.45) is 0 Å². The van der Waals surface area contributed by atoms with Crippen molar-refractivity contribution in [3.8, 4) is 0 Å². The van der Waals surface area contributed by atoms with Crippen LogP contribution in [-0.4, -0.2) is 20.9 Å². The summed E-state index contributed by atoms with van der Waals surface area (Å²) in [7, 11) is 0. The fraction of sp³-hybridized carbons (Fsp3) is 0.462. The van der Waals surface area contributed by atoms with Crippen molar-refractivity contribution < 1.29 is 4.79 Å². The number of nitrogens with zero attached hydrogens (tertiary/aromatic N) is 3. The Balaban J connectivity index is 2.12. The SMILES string of the molecule is O=Cc1cccc2nnc(C3CCCCC3)n12. The molecule has 4 nitrogen and oxygen atoms in total. The van der Waals surface area contributed by atoms with E-state index in [4.69, 9.17) is 0 Å². The van der Waals surface area contributed by atoms with Gasteiger partial charge in [-0.15, -0.1) is 10.2 Å². The highest BCUT2D eigenvalue weighted by Gasteiger charge is 2.21. The van der Waals surface area contributed by atoms with Crippen LogP contribution < -0.4 is 0 Å². The van der Waals surface area contributed by atoms with Gasteiger partial charge >= 0.3 is 0 Å². The van der Waals surface area contributed by atoms with E-state index in [2.05, 4.69) is 10.2 Å². The van der Waals surface area contributed by atoms with Crippen LogP contribution in [0.15, 0.2) is 18.2 Å². The molecule has 2 aromatic heterocycles. The second kappa shape index (κ2) is 4.28. The zero-order valence-corrected chi connectivity index (χ0v) is 9.67. The number of rotatable bonds is 2. The summed E-state index contributed by atoms with van der Waals surface area (Å²) in [5.41, 5.74) is 1.42. The highest BCUT2D eigenvalue weighted by molar-refractivity contribution is 5.74. The fourth-order valence-electron chi connectivity index (χ4n) is 2.71. The Kier molecular flexibility index (Phi) is 2.63. The standard InChI is InChI=1S/C13H15N3O/c17-9-11-7-4-8-12-14-15-13(16(11)12)10-5-2-1-3-6-10/h4,7-10H,1-3,5-6H2. The largest absolute Gasteiger partial charge is 0.296 e. The van der Waals surface area contributed by atoms with Gasteiger partial charge in [-0.3, -0.25) is 9.20 Å². The minimum absolute atomic E-state index is 0.458. The first kappa shape index (κ1) is 10.4. The second-order valence-electron chi connectivity index (χ2n) is 4.66. The molecule has 1 fully saturated rings. The monoisotopic (exact) mass is 229 g/mol. The molecule has 0 bridgehead atoms. The lowest BCUT2D eigenvalue weighted by molar-refractivity contribution is 0.111. The molecule has 0 amide bonds. The van der Waals surface area contributed by atoms with Gasteiger partial charge in [0.1, 0.15) is 5.82 Å². The number of fused-ring (bicyclic) bond motifs is 1. The molecule has 17 heavy (non-hydrogen) atoms. The van der Waals surface area contributed by atoms with Gasteiger partial charge in [-0.2, -0.15) is 0 Å². The average Bonchev–Trinajstić information content (AvgIpc) is 2.83. The van der Waals surface area contributed by atoms with Crippen LogP contribution in [0.2, 0.25) is 0 Å². The van der Waals surface area contributed by atoms with E-state index in [-0.39, 0.29) is 0 Å². The molecular weight excluding hydrogens is 214 g/mol. The molecule has 2 heterocycles. The molecule has 1 aliphatic rings. The summed E-state index contributed by atoms with van der Waals surface area (Å²) in [5, 5.41) is 8.44. The number of carbonyl (C=O) groups is 1. The number of hydrogen-bond donors (Lipinski definition) is 0. The molecule has 0 radical (unpaired) electrons. The van der Waals surface area contributed by atoms with Gasteiger partial charge in [0, 0.05) is 5.92 Å². The number of aromatic nitrogens is 3. The third kappa shape index (κ3) is 1.73. The second-order valence-corrected chi connectivity index (χ2v) is 4.66. The van der Waals surface area contributed by atoms with Crippen LogP contribution in [-0.2, 0) is 0 Å². The number of pyridine rings is 1. The van der Waals surface area contributed by atoms with Gasteiger partial charge < -0.3 is 0 Å². The van der Waals surface area contributed by atoms with Gasteiger partial charge in [0.25, 0.3) is 0 Å². The number of carbonyl (C=O) groups excluding carboxylic acids is 1. The molecule has 0 saturated heterocycles. The van der Waals surface area contributed by atoms with E-state index in [9.17, 15) is 4.79 Å². The van der Waals surface area contributed by atoms with Gasteiger partial charge in [0.05, 0.1) is 5.69 Å². The van der Waals surface area contributed by atoms with Crippen LogP contribution in [0.3, 0.4) is 0 Å². The maximum atomic E-state index is 11.1. The van der Waals surface area contributed by atoms with Crippen molar-refractivity contribution in [2.75, 3.05) is 0 Å². The van der Waals surface area contributed by atoms with E-state index in [1.165, 1.54) is 19.3 Å². The quantitative estimate of drug-likeness (QED) is 0.743. The third-order valence-electron chi connectivity index (χ3n) is 3.57. The minimum Gasteiger partial charge on any atom is -0.296 e. The molecule has 4 heteroatoms. The van der Waals surface area contributed by atoms with Crippen molar-refractivity contribution in [3.63, 3.8) is 0 Å². The van der Waals surface area contributed by atoms with E-state index in [0.717, 1.165) is 30.6 Å². The molecule has 1 aliphatic carbocycles. The van der Waals surface area contributed by atoms with Crippen LogP contribution in [0.4, 0.5) is 0 Å². The predicted molar refractivity (Wildman–Crippen MR) is 64.2 cm³/mol. The summed E-state index contributed by atoms with van der Waals surface area (Å²) in [6.45, 7) is 0. The van der Waals surface area contributed by atoms with Crippen LogP contribution in [0.5, 0.6) is 0 Å². The van der Waals surface area contributed by atoms with E-state index < -0.39 is 0 Å². The van der Waals surface area contributed by atoms with Crippen LogP contribution in [0, 0.1) is 0 Å². The lowest BCUT2D eigenvalue weighted by Crippen LogP contribution is -2.10. The first-order valence-corrected chi connectivity index (χ1v) is 6.19. The molecule has 0 aromatic carbocycles. The average molecular weight is 229 g/mol. The van der Waals surface area contributed by atoms with Crippen LogP contribution in [0.1, 0.15) is 54.3 Å². The lowest BCUT2D eigenvalue weighted by Gasteiger charge is -2.20. The van der Waals surface area contributed by atoms with Crippen molar-refractivity contribution >= 4 is 11.9 Å². The van der Waals surface area contributed by atoms with E-state index in [0.29, 0.717) is 11.6 Å². The highest BCUT2D eigenvalue weighted by Crippen LogP contribution is 2.31. The Bertz CT molecular complexity index is 541. The zero-order valence-electron chi connectivity index (χ0n) is 9.67. The van der Waals surface area contributed by atoms with Gasteiger partial charge in [-0.1, -0.05) is 25.3 Å². The van der Waals surface area contributed by atoms with Crippen LogP contribution >= 0.6 is 0 Å². The topological polar surface area (TPSA) is 47.3 Å². The molecular formula is C13H15N3O. The fourth-order valence-corrected chi connectivity index (χ4v) is 2.71.